The molecule has 0 saturated carbocycles. The third-order valence-electron chi connectivity index (χ3n) is 6.94. The molecule has 0 bridgehead atoms. The van der Waals surface area contributed by atoms with Crippen LogP contribution in [0.5, 0.6) is 5.75 Å². The second-order valence-electron chi connectivity index (χ2n) is 9.46. The molecule has 0 spiro atoms. The van der Waals surface area contributed by atoms with Crippen LogP contribution in [0.3, 0.4) is 0 Å². The van der Waals surface area contributed by atoms with Crippen LogP contribution < -0.4 is 4.74 Å². The van der Waals surface area contributed by atoms with Gasteiger partial charge in [0.05, 0.1) is 30.5 Å². The van der Waals surface area contributed by atoms with E-state index >= 15 is 0 Å². The minimum absolute atomic E-state index is 0.0128. The number of morpholine rings is 1. The molecule has 0 aromatic heterocycles. The van der Waals surface area contributed by atoms with Crippen LogP contribution in [0.25, 0.3) is 0 Å². The van der Waals surface area contributed by atoms with Gasteiger partial charge in [0.1, 0.15) is 12.4 Å². The Morgan fingerprint density at radius 2 is 1.57 bits per heavy atom. The summed E-state index contributed by atoms with van der Waals surface area (Å²) in [7, 11) is -1.95. The number of piperazine rings is 1. The maximum absolute atomic E-state index is 13.1. The van der Waals surface area contributed by atoms with E-state index in [9.17, 15) is 13.2 Å². The number of benzene rings is 1. The number of carbonyl (C=O) groups excluding carboxylic acids is 1. The van der Waals surface area contributed by atoms with E-state index in [2.05, 4.69) is 9.80 Å². The van der Waals surface area contributed by atoms with Gasteiger partial charge in [-0.15, -0.1) is 0 Å². The number of rotatable bonds is 11. The van der Waals surface area contributed by atoms with Crippen molar-refractivity contribution in [3.63, 3.8) is 0 Å². The number of methoxy groups -OCH3 is 1. The second-order valence-corrected chi connectivity index (χ2v) is 11.8. The Morgan fingerprint density at radius 1 is 1.00 bits per heavy atom. The van der Waals surface area contributed by atoms with Crippen LogP contribution in [0, 0.1) is 13.8 Å². The number of amides is 1. The Morgan fingerprint density at radius 3 is 2.14 bits per heavy atom. The van der Waals surface area contributed by atoms with Crippen molar-refractivity contribution in [3.8, 4) is 5.75 Å². The Hall–Kier alpha value is -1.72. The van der Waals surface area contributed by atoms with Gasteiger partial charge in [-0.1, -0.05) is 0 Å². The third-order valence-corrected chi connectivity index (χ3v) is 9.45. The van der Waals surface area contributed by atoms with E-state index in [1.807, 2.05) is 4.90 Å². The number of sulfone groups is 1. The monoisotopic (exact) mass is 511 g/mol. The average molecular weight is 512 g/mol. The molecule has 9 nitrogen and oxygen atoms in total. The molecule has 2 aliphatic heterocycles. The van der Waals surface area contributed by atoms with E-state index in [1.165, 1.54) is 0 Å². The first kappa shape index (κ1) is 27.9. The van der Waals surface area contributed by atoms with Gasteiger partial charge >= 0.3 is 0 Å². The minimum Gasteiger partial charge on any atom is -0.497 e. The molecule has 198 valence electrons. The molecule has 1 aromatic carbocycles. The molecule has 2 fully saturated rings. The van der Waals surface area contributed by atoms with Crippen LogP contribution in [0.1, 0.15) is 24.5 Å². The van der Waals surface area contributed by atoms with Gasteiger partial charge in [0.25, 0.3) is 0 Å². The van der Waals surface area contributed by atoms with Crippen molar-refractivity contribution in [2.24, 2.45) is 0 Å². The highest BCUT2D eigenvalue weighted by atomic mass is 32.2. The predicted molar refractivity (Wildman–Crippen MR) is 135 cm³/mol. The first-order valence-corrected chi connectivity index (χ1v) is 14.0. The van der Waals surface area contributed by atoms with E-state index < -0.39 is 15.1 Å². The summed E-state index contributed by atoms with van der Waals surface area (Å²) in [5.74, 6) is 0.613. The first-order chi connectivity index (χ1) is 16.7. The molecule has 10 heteroatoms. The summed E-state index contributed by atoms with van der Waals surface area (Å²) >= 11 is 0. The maximum Gasteiger partial charge on any atom is 0.248 e. The van der Waals surface area contributed by atoms with Gasteiger partial charge in [-0.3, -0.25) is 14.6 Å². The SMILES string of the molecule is COc1cc(C)c(S(=O)(=O)C(C)CCOCC(=O)N2CCN(CCN3CCOCC3)CC2)c(C)c1. The predicted octanol–water partition coefficient (Wildman–Crippen LogP) is 1.36. The number of nitrogens with zero attached hydrogens (tertiary/aromatic N) is 3. The van der Waals surface area contributed by atoms with Gasteiger partial charge in [0, 0.05) is 59.0 Å². The minimum atomic E-state index is -3.51. The summed E-state index contributed by atoms with van der Waals surface area (Å²) in [5, 5.41) is -0.613. The smallest absolute Gasteiger partial charge is 0.248 e. The van der Waals surface area contributed by atoms with Crippen LogP contribution in [-0.2, 0) is 24.1 Å². The molecule has 2 saturated heterocycles. The van der Waals surface area contributed by atoms with Crippen LogP contribution in [0.2, 0.25) is 0 Å². The van der Waals surface area contributed by atoms with Crippen LogP contribution in [-0.4, -0.2) is 120 Å². The lowest BCUT2D eigenvalue weighted by Gasteiger charge is -2.36. The lowest BCUT2D eigenvalue weighted by Crippen LogP contribution is -2.51. The molecule has 1 unspecified atom stereocenters. The highest BCUT2D eigenvalue weighted by Crippen LogP contribution is 2.29. The number of hydrogen-bond donors (Lipinski definition) is 0. The number of ether oxygens (including phenoxy) is 3. The Kier molecular flexibility index (Phi) is 10.4. The molecule has 0 radical (unpaired) electrons. The lowest BCUT2D eigenvalue weighted by atomic mass is 10.1. The zero-order valence-corrected chi connectivity index (χ0v) is 22.4. The Labute approximate surface area is 210 Å². The fraction of sp³-hybridized carbons (Fsp3) is 0.720. The molecule has 0 aliphatic carbocycles. The fourth-order valence-electron chi connectivity index (χ4n) is 4.66. The molecule has 2 aliphatic rings. The van der Waals surface area contributed by atoms with Crippen molar-refractivity contribution >= 4 is 15.7 Å². The summed E-state index contributed by atoms with van der Waals surface area (Å²) in [6, 6.07) is 3.48. The number of hydrogen-bond acceptors (Lipinski definition) is 8. The van der Waals surface area contributed by atoms with Crippen molar-refractivity contribution < 1.29 is 27.4 Å². The maximum atomic E-state index is 13.1. The largest absolute Gasteiger partial charge is 0.497 e. The molecule has 2 heterocycles. The molecule has 1 aromatic rings. The lowest BCUT2D eigenvalue weighted by molar-refractivity contribution is -0.138. The van der Waals surface area contributed by atoms with Crippen molar-refractivity contribution in [1.82, 2.24) is 14.7 Å². The van der Waals surface area contributed by atoms with Crippen molar-refractivity contribution in [2.45, 2.75) is 37.3 Å². The zero-order chi connectivity index (χ0) is 25.4. The molecule has 1 amide bonds. The molecule has 1 atom stereocenters. The fourth-order valence-corrected chi connectivity index (χ4v) is 6.49. The highest BCUT2D eigenvalue weighted by Gasteiger charge is 2.27. The first-order valence-electron chi connectivity index (χ1n) is 12.5. The zero-order valence-electron chi connectivity index (χ0n) is 21.6. The van der Waals surface area contributed by atoms with Crippen molar-refractivity contribution in [3.05, 3.63) is 23.3 Å². The van der Waals surface area contributed by atoms with Gasteiger partial charge in [-0.2, -0.15) is 0 Å². The molecule has 0 N–H and O–H groups in total. The normalized spacial score (nSPS) is 19.0. The van der Waals surface area contributed by atoms with Gasteiger partial charge in [-0.25, -0.2) is 8.42 Å². The van der Waals surface area contributed by atoms with E-state index in [1.54, 1.807) is 40.0 Å². The average Bonchev–Trinajstić information content (AvgIpc) is 2.85. The van der Waals surface area contributed by atoms with Crippen molar-refractivity contribution in [1.29, 1.82) is 0 Å². The molecule has 35 heavy (non-hydrogen) atoms. The van der Waals surface area contributed by atoms with Crippen LogP contribution in [0.15, 0.2) is 17.0 Å². The summed E-state index contributed by atoms with van der Waals surface area (Å²) in [6.45, 7) is 14.3. The van der Waals surface area contributed by atoms with Crippen LogP contribution >= 0.6 is 0 Å². The third kappa shape index (κ3) is 7.63. The van der Waals surface area contributed by atoms with E-state index in [4.69, 9.17) is 14.2 Å². The van der Waals surface area contributed by atoms with Gasteiger partial charge in [0.15, 0.2) is 9.84 Å². The van der Waals surface area contributed by atoms with Crippen molar-refractivity contribution in [2.75, 3.05) is 85.9 Å². The molecular weight excluding hydrogens is 470 g/mol. The Balaban J connectivity index is 1.37. The summed E-state index contributed by atoms with van der Waals surface area (Å²) in [5.41, 5.74) is 1.35. The second kappa shape index (κ2) is 13.0. The summed E-state index contributed by atoms with van der Waals surface area (Å²) in [6.07, 6.45) is 0.329. The summed E-state index contributed by atoms with van der Waals surface area (Å²) < 4.78 is 42.5. The van der Waals surface area contributed by atoms with Crippen LogP contribution in [0.4, 0.5) is 0 Å². The van der Waals surface area contributed by atoms with E-state index in [-0.39, 0.29) is 19.1 Å². The van der Waals surface area contributed by atoms with Gasteiger partial charge < -0.3 is 19.1 Å². The number of aryl methyl sites for hydroxylation is 2. The van der Waals surface area contributed by atoms with Gasteiger partial charge in [0.2, 0.25) is 5.91 Å². The topological polar surface area (TPSA) is 88.6 Å². The van der Waals surface area contributed by atoms with E-state index in [0.717, 1.165) is 52.5 Å². The standard InChI is InChI=1S/C25H41N3O6S/c1-20-17-23(32-4)18-21(2)25(20)35(30,31)22(3)5-14-34-19-24(29)28-10-8-26(9-11-28)6-7-27-12-15-33-16-13-27/h17-18,22H,5-16,19H2,1-4H3. The van der Waals surface area contributed by atoms with E-state index in [0.29, 0.717) is 41.3 Å². The molecule has 3 rings (SSSR count). The Bertz CT molecular complexity index is 918. The highest BCUT2D eigenvalue weighted by molar-refractivity contribution is 7.92. The summed E-state index contributed by atoms with van der Waals surface area (Å²) in [4.78, 5) is 19.6. The quantitative estimate of drug-likeness (QED) is 0.412. The number of carbonyl (C=O) groups is 1. The van der Waals surface area contributed by atoms with Gasteiger partial charge in [-0.05, 0) is 50.5 Å². The molecular formula is C25H41N3O6S.